The Morgan fingerprint density at radius 1 is 1.53 bits per heavy atom. The number of nitrogens with two attached hydrogens (primary N) is 1. The Kier molecular flexibility index (Phi) is 5.00. The normalized spacial score (nSPS) is 12.2. The van der Waals surface area contributed by atoms with Crippen LogP contribution in [-0.2, 0) is 0 Å². The highest BCUT2D eigenvalue weighted by Gasteiger charge is 2.15. The van der Waals surface area contributed by atoms with Crippen molar-refractivity contribution in [3.05, 3.63) is 22.2 Å². The summed E-state index contributed by atoms with van der Waals surface area (Å²) in [5, 5.41) is 0. The minimum atomic E-state index is -0.0447. The predicted molar refractivity (Wildman–Crippen MR) is 73.6 cm³/mol. The van der Waals surface area contributed by atoms with Crippen LogP contribution >= 0.6 is 15.9 Å². The van der Waals surface area contributed by atoms with E-state index in [4.69, 9.17) is 10.5 Å². The topological polar surface area (TPSA) is 52.3 Å². The fourth-order valence-electron chi connectivity index (χ4n) is 1.67. The van der Waals surface area contributed by atoms with Crippen LogP contribution in [0.25, 0.3) is 0 Å². The monoisotopic (exact) mass is 299 g/mol. The van der Waals surface area contributed by atoms with E-state index in [-0.39, 0.29) is 11.9 Å². The number of benzene rings is 1. The predicted octanol–water partition coefficient (Wildman–Crippen LogP) is 3.80. The molecule has 2 N–H and O–H groups in total. The molecule has 1 unspecified atom stereocenters. The lowest BCUT2D eigenvalue weighted by atomic mass is 10.1. The van der Waals surface area contributed by atoms with Crippen LogP contribution in [-0.4, -0.2) is 11.9 Å². The standard InChI is InChI=1S/C13H18BrNO2/c1-4-5-8(2)17-13-11(9(3)16)6-10(14)7-12(13)15/h6-8H,4-5,15H2,1-3H3. The number of rotatable bonds is 5. The molecule has 0 aliphatic rings. The van der Waals surface area contributed by atoms with Crippen LogP contribution in [0.15, 0.2) is 16.6 Å². The molecule has 0 aliphatic heterocycles. The van der Waals surface area contributed by atoms with Crippen molar-refractivity contribution >= 4 is 27.4 Å². The minimum absolute atomic E-state index is 0.0447. The van der Waals surface area contributed by atoms with Gasteiger partial charge in [0.2, 0.25) is 0 Å². The lowest BCUT2D eigenvalue weighted by molar-refractivity contribution is 0.101. The van der Waals surface area contributed by atoms with Crippen LogP contribution in [0, 0.1) is 0 Å². The van der Waals surface area contributed by atoms with E-state index in [9.17, 15) is 4.79 Å². The van der Waals surface area contributed by atoms with Crippen molar-refractivity contribution in [1.29, 1.82) is 0 Å². The van der Waals surface area contributed by atoms with Gasteiger partial charge in [0.1, 0.15) is 0 Å². The Morgan fingerprint density at radius 3 is 2.71 bits per heavy atom. The summed E-state index contributed by atoms with van der Waals surface area (Å²) >= 11 is 3.32. The number of hydrogen-bond donors (Lipinski definition) is 1. The summed E-state index contributed by atoms with van der Waals surface area (Å²) in [5.74, 6) is 0.457. The van der Waals surface area contributed by atoms with E-state index >= 15 is 0 Å². The Labute approximate surface area is 110 Å². The molecule has 0 heterocycles. The molecule has 0 amide bonds. The molecule has 1 aromatic carbocycles. The van der Waals surface area contributed by atoms with E-state index in [0.717, 1.165) is 17.3 Å². The molecule has 0 fully saturated rings. The lowest BCUT2D eigenvalue weighted by Crippen LogP contribution is -2.14. The third-order valence-corrected chi connectivity index (χ3v) is 2.93. The molecule has 1 atom stereocenters. The first-order valence-electron chi connectivity index (χ1n) is 5.72. The van der Waals surface area contributed by atoms with E-state index < -0.39 is 0 Å². The van der Waals surface area contributed by atoms with Crippen LogP contribution in [0.3, 0.4) is 0 Å². The first-order valence-corrected chi connectivity index (χ1v) is 6.51. The van der Waals surface area contributed by atoms with Gasteiger partial charge in [-0.1, -0.05) is 29.3 Å². The molecular weight excluding hydrogens is 282 g/mol. The molecule has 1 rings (SSSR count). The number of halogens is 1. The molecule has 0 aromatic heterocycles. The van der Waals surface area contributed by atoms with Gasteiger partial charge in [0.15, 0.2) is 11.5 Å². The number of ether oxygens (including phenoxy) is 1. The van der Waals surface area contributed by atoms with Crippen LogP contribution < -0.4 is 10.5 Å². The highest BCUT2D eigenvalue weighted by Crippen LogP contribution is 2.32. The highest BCUT2D eigenvalue weighted by atomic mass is 79.9. The third-order valence-electron chi connectivity index (χ3n) is 2.48. The van der Waals surface area contributed by atoms with Gasteiger partial charge in [0.05, 0.1) is 17.4 Å². The van der Waals surface area contributed by atoms with Crippen LogP contribution in [0.5, 0.6) is 5.75 Å². The molecule has 4 heteroatoms. The molecular formula is C13H18BrNO2. The molecule has 17 heavy (non-hydrogen) atoms. The first kappa shape index (κ1) is 14.0. The Morgan fingerprint density at radius 2 is 2.18 bits per heavy atom. The maximum Gasteiger partial charge on any atom is 0.163 e. The molecule has 94 valence electrons. The van der Waals surface area contributed by atoms with Gasteiger partial charge >= 0.3 is 0 Å². The van der Waals surface area contributed by atoms with Crippen LogP contribution in [0.1, 0.15) is 44.0 Å². The smallest absolute Gasteiger partial charge is 0.163 e. The fourth-order valence-corrected chi connectivity index (χ4v) is 2.15. The van der Waals surface area contributed by atoms with E-state index in [0.29, 0.717) is 17.0 Å². The molecule has 3 nitrogen and oxygen atoms in total. The molecule has 0 radical (unpaired) electrons. The molecule has 0 aliphatic carbocycles. The van der Waals surface area contributed by atoms with Gasteiger partial charge in [-0.15, -0.1) is 0 Å². The largest absolute Gasteiger partial charge is 0.488 e. The highest BCUT2D eigenvalue weighted by molar-refractivity contribution is 9.10. The first-order chi connectivity index (χ1) is 7.95. The summed E-state index contributed by atoms with van der Waals surface area (Å²) in [6.07, 6.45) is 2.03. The average molecular weight is 300 g/mol. The van der Waals surface area contributed by atoms with E-state index in [1.165, 1.54) is 6.92 Å². The molecule has 0 saturated carbocycles. The van der Waals surface area contributed by atoms with Gasteiger partial charge in [0.25, 0.3) is 0 Å². The van der Waals surface area contributed by atoms with Crippen molar-refractivity contribution in [2.75, 3.05) is 5.73 Å². The van der Waals surface area contributed by atoms with Crippen molar-refractivity contribution < 1.29 is 9.53 Å². The molecule has 0 spiro atoms. The number of hydrogen-bond acceptors (Lipinski definition) is 3. The zero-order chi connectivity index (χ0) is 13.0. The Hall–Kier alpha value is -1.03. The Balaban J connectivity index is 3.08. The van der Waals surface area contributed by atoms with E-state index in [1.807, 2.05) is 6.92 Å². The van der Waals surface area contributed by atoms with Gasteiger partial charge in [0, 0.05) is 4.47 Å². The summed E-state index contributed by atoms with van der Waals surface area (Å²) in [7, 11) is 0. The van der Waals surface area contributed by atoms with Gasteiger partial charge in [-0.25, -0.2) is 0 Å². The van der Waals surface area contributed by atoms with Crippen molar-refractivity contribution in [2.45, 2.75) is 39.7 Å². The maximum absolute atomic E-state index is 11.6. The van der Waals surface area contributed by atoms with Crippen molar-refractivity contribution in [3.63, 3.8) is 0 Å². The third kappa shape index (κ3) is 3.73. The van der Waals surface area contributed by atoms with Crippen molar-refractivity contribution in [1.82, 2.24) is 0 Å². The lowest BCUT2D eigenvalue weighted by Gasteiger charge is -2.18. The van der Waals surface area contributed by atoms with E-state index in [1.54, 1.807) is 12.1 Å². The van der Waals surface area contributed by atoms with Crippen molar-refractivity contribution in [3.8, 4) is 5.75 Å². The van der Waals surface area contributed by atoms with Crippen LogP contribution in [0.4, 0.5) is 5.69 Å². The summed E-state index contributed by atoms with van der Waals surface area (Å²) in [6, 6.07) is 3.49. The second-order valence-corrected chi connectivity index (χ2v) is 5.06. The van der Waals surface area contributed by atoms with Gasteiger partial charge in [-0.2, -0.15) is 0 Å². The summed E-state index contributed by atoms with van der Waals surface area (Å²) < 4.78 is 6.55. The number of ketones is 1. The van der Waals surface area contributed by atoms with Crippen LogP contribution in [0.2, 0.25) is 0 Å². The zero-order valence-electron chi connectivity index (χ0n) is 10.4. The SMILES string of the molecule is CCCC(C)Oc1c(N)cc(Br)cc1C(C)=O. The summed E-state index contributed by atoms with van der Waals surface area (Å²) in [5.41, 5.74) is 6.92. The fraction of sp³-hybridized carbons (Fsp3) is 0.462. The number of nitrogen functional groups attached to an aromatic ring is 1. The van der Waals surface area contributed by atoms with Crippen molar-refractivity contribution in [2.24, 2.45) is 0 Å². The van der Waals surface area contributed by atoms with Gasteiger partial charge in [-0.3, -0.25) is 4.79 Å². The quantitative estimate of drug-likeness (QED) is 0.664. The number of carbonyl (C=O) groups is 1. The minimum Gasteiger partial charge on any atom is -0.488 e. The molecule has 1 aromatic rings. The molecule has 0 bridgehead atoms. The number of Topliss-reactive ketones (excluding diaryl/α,β-unsaturated/α-hetero) is 1. The zero-order valence-corrected chi connectivity index (χ0v) is 12.0. The summed E-state index contributed by atoms with van der Waals surface area (Å²) in [4.78, 5) is 11.6. The average Bonchev–Trinajstić information content (AvgIpc) is 2.21. The summed E-state index contributed by atoms with van der Waals surface area (Å²) in [6.45, 7) is 5.59. The second-order valence-electron chi connectivity index (χ2n) is 4.15. The van der Waals surface area contributed by atoms with E-state index in [2.05, 4.69) is 22.9 Å². The maximum atomic E-state index is 11.6. The van der Waals surface area contributed by atoms with Gasteiger partial charge < -0.3 is 10.5 Å². The second kappa shape index (κ2) is 6.05. The molecule has 0 saturated heterocycles. The Bertz CT molecular complexity index is 418. The number of anilines is 1. The number of carbonyl (C=O) groups excluding carboxylic acids is 1. The van der Waals surface area contributed by atoms with Gasteiger partial charge in [-0.05, 0) is 32.4 Å².